The third-order valence-electron chi connectivity index (χ3n) is 4.10. The lowest BCUT2D eigenvalue weighted by atomic mass is 10.1. The first-order valence-corrected chi connectivity index (χ1v) is 7.17. The van der Waals surface area contributed by atoms with E-state index < -0.39 is 0 Å². The molecule has 0 unspecified atom stereocenters. The van der Waals surface area contributed by atoms with Crippen molar-refractivity contribution in [2.75, 3.05) is 26.4 Å². The van der Waals surface area contributed by atoms with Gasteiger partial charge < -0.3 is 9.47 Å². The third kappa shape index (κ3) is 2.02. The topological polar surface area (TPSA) is 48.0 Å². The Balaban J connectivity index is 1.48. The highest BCUT2D eigenvalue weighted by atomic mass is 16.7. The second kappa shape index (κ2) is 4.66. The molecule has 1 amide bonds. The van der Waals surface area contributed by atoms with Crippen molar-refractivity contribution in [2.45, 2.75) is 18.8 Å². The molecule has 2 heterocycles. The molecule has 0 spiro atoms. The summed E-state index contributed by atoms with van der Waals surface area (Å²) < 4.78 is 11.1. The lowest BCUT2D eigenvalue weighted by Crippen LogP contribution is -2.28. The van der Waals surface area contributed by atoms with Crippen LogP contribution in [0.25, 0.3) is 0 Å². The van der Waals surface area contributed by atoms with Crippen LogP contribution in [0.4, 0.5) is 0 Å². The van der Waals surface area contributed by atoms with E-state index in [4.69, 9.17) is 14.3 Å². The van der Waals surface area contributed by atoms with Crippen LogP contribution in [-0.2, 0) is 9.63 Å². The zero-order chi connectivity index (χ0) is 13.5. The molecule has 4 rings (SSSR count). The van der Waals surface area contributed by atoms with Crippen molar-refractivity contribution in [1.82, 2.24) is 5.06 Å². The van der Waals surface area contributed by atoms with Crippen LogP contribution in [0.1, 0.15) is 24.3 Å². The second-order valence-electron chi connectivity index (χ2n) is 5.48. The fraction of sp³-hybridized carbons (Fsp3) is 0.533. The molecule has 0 radical (unpaired) electrons. The molecule has 1 saturated carbocycles. The van der Waals surface area contributed by atoms with Gasteiger partial charge in [0.05, 0.1) is 13.2 Å². The van der Waals surface area contributed by atoms with Gasteiger partial charge >= 0.3 is 0 Å². The predicted octanol–water partition coefficient (Wildman–Crippen LogP) is 1.73. The summed E-state index contributed by atoms with van der Waals surface area (Å²) in [7, 11) is 0. The molecule has 0 bridgehead atoms. The maximum atomic E-state index is 12.2. The summed E-state index contributed by atoms with van der Waals surface area (Å²) >= 11 is 0. The van der Waals surface area contributed by atoms with Crippen LogP contribution < -0.4 is 9.47 Å². The van der Waals surface area contributed by atoms with Gasteiger partial charge in [0.1, 0.15) is 13.2 Å². The molecular weight excluding hydrogens is 258 g/mol. The van der Waals surface area contributed by atoms with Gasteiger partial charge in [0.2, 0.25) is 5.91 Å². The number of hydrogen-bond acceptors (Lipinski definition) is 4. The van der Waals surface area contributed by atoms with Gasteiger partial charge in [-0.05, 0) is 36.5 Å². The summed E-state index contributed by atoms with van der Waals surface area (Å²) in [5, 5.41) is 1.53. The SMILES string of the molecule is O=C([C@@H]1C[C@H]1c1ccc2c(c1)OCCO2)N1CCCO1. The van der Waals surface area contributed by atoms with Gasteiger partial charge in [-0.15, -0.1) is 0 Å². The molecule has 1 aromatic rings. The van der Waals surface area contributed by atoms with E-state index in [1.807, 2.05) is 18.2 Å². The van der Waals surface area contributed by atoms with Crippen LogP contribution in [0.3, 0.4) is 0 Å². The molecule has 106 valence electrons. The second-order valence-corrected chi connectivity index (χ2v) is 5.48. The number of carbonyl (C=O) groups excluding carboxylic acids is 1. The Bertz CT molecular complexity index is 539. The van der Waals surface area contributed by atoms with E-state index in [1.165, 1.54) is 5.06 Å². The standard InChI is InChI=1S/C15H17NO4/c17-15(16-4-1-5-20-16)12-9-11(12)10-2-3-13-14(8-10)19-7-6-18-13/h2-3,8,11-12H,1,4-7,9H2/t11-,12+/m0/s1. The molecule has 1 saturated heterocycles. The number of carbonyl (C=O) groups is 1. The molecule has 1 aliphatic carbocycles. The summed E-state index contributed by atoms with van der Waals surface area (Å²) in [6, 6.07) is 5.99. The Labute approximate surface area is 117 Å². The maximum Gasteiger partial charge on any atom is 0.249 e. The fourth-order valence-electron chi connectivity index (χ4n) is 2.93. The van der Waals surface area contributed by atoms with Crippen LogP contribution in [-0.4, -0.2) is 37.3 Å². The zero-order valence-corrected chi connectivity index (χ0v) is 11.2. The summed E-state index contributed by atoms with van der Waals surface area (Å²) in [5.41, 5.74) is 1.16. The molecular formula is C15H17NO4. The number of hydroxylamine groups is 2. The molecule has 20 heavy (non-hydrogen) atoms. The largest absolute Gasteiger partial charge is 0.486 e. The van der Waals surface area contributed by atoms with Crippen LogP contribution >= 0.6 is 0 Å². The Morgan fingerprint density at radius 1 is 1.15 bits per heavy atom. The molecule has 2 fully saturated rings. The molecule has 0 aromatic heterocycles. The molecule has 5 nitrogen and oxygen atoms in total. The molecule has 5 heteroatoms. The number of benzene rings is 1. The first kappa shape index (κ1) is 12.0. The first-order valence-electron chi connectivity index (χ1n) is 7.17. The average Bonchev–Trinajstić information content (AvgIpc) is 3.11. The normalized spacial score (nSPS) is 27.5. The molecule has 3 aliphatic rings. The van der Waals surface area contributed by atoms with Crippen LogP contribution in [0.5, 0.6) is 11.5 Å². The summed E-state index contributed by atoms with van der Waals surface area (Å²) in [6.07, 6.45) is 1.84. The van der Waals surface area contributed by atoms with Crippen LogP contribution in [0, 0.1) is 5.92 Å². The smallest absolute Gasteiger partial charge is 0.249 e. The number of hydrogen-bond donors (Lipinski definition) is 0. The number of ether oxygens (including phenoxy) is 2. The van der Waals surface area contributed by atoms with Gasteiger partial charge in [-0.25, -0.2) is 5.06 Å². The number of rotatable bonds is 2. The summed E-state index contributed by atoms with van der Waals surface area (Å²) in [5.74, 6) is 2.08. The highest BCUT2D eigenvalue weighted by molar-refractivity contribution is 5.82. The van der Waals surface area contributed by atoms with Crippen molar-refractivity contribution in [1.29, 1.82) is 0 Å². The van der Waals surface area contributed by atoms with Crippen molar-refractivity contribution < 1.29 is 19.1 Å². The van der Waals surface area contributed by atoms with E-state index >= 15 is 0 Å². The minimum absolute atomic E-state index is 0.0654. The number of nitrogens with zero attached hydrogens (tertiary/aromatic N) is 1. The van der Waals surface area contributed by atoms with Gasteiger partial charge in [0, 0.05) is 5.92 Å². The van der Waals surface area contributed by atoms with Gasteiger partial charge in [0.25, 0.3) is 0 Å². The van der Waals surface area contributed by atoms with E-state index in [-0.39, 0.29) is 11.8 Å². The minimum atomic E-state index is 0.0654. The lowest BCUT2D eigenvalue weighted by Gasteiger charge is -2.19. The van der Waals surface area contributed by atoms with E-state index in [0.717, 1.165) is 36.4 Å². The Morgan fingerprint density at radius 2 is 2.00 bits per heavy atom. The minimum Gasteiger partial charge on any atom is -0.486 e. The third-order valence-corrected chi connectivity index (χ3v) is 4.10. The van der Waals surface area contributed by atoms with Gasteiger partial charge in [0.15, 0.2) is 11.5 Å². The van der Waals surface area contributed by atoms with Crippen molar-refractivity contribution in [3.05, 3.63) is 23.8 Å². The van der Waals surface area contributed by atoms with E-state index in [2.05, 4.69) is 0 Å². The Morgan fingerprint density at radius 3 is 2.80 bits per heavy atom. The summed E-state index contributed by atoms with van der Waals surface area (Å²) in [4.78, 5) is 17.6. The summed E-state index contributed by atoms with van der Waals surface area (Å²) in [6.45, 7) is 2.57. The number of fused-ring (bicyclic) bond motifs is 1. The van der Waals surface area contributed by atoms with E-state index in [1.54, 1.807) is 0 Å². The zero-order valence-electron chi connectivity index (χ0n) is 11.2. The molecule has 2 aliphatic heterocycles. The van der Waals surface area contributed by atoms with Crippen LogP contribution in [0.2, 0.25) is 0 Å². The number of amides is 1. The Kier molecular flexibility index (Phi) is 2.80. The lowest BCUT2D eigenvalue weighted by molar-refractivity contribution is -0.170. The van der Waals surface area contributed by atoms with Crippen molar-refractivity contribution in [3.8, 4) is 11.5 Å². The van der Waals surface area contributed by atoms with E-state index in [9.17, 15) is 4.79 Å². The predicted molar refractivity (Wildman–Crippen MR) is 70.6 cm³/mol. The van der Waals surface area contributed by atoms with Crippen LogP contribution in [0.15, 0.2) is 18.2 Å². The van der Waals surface area contributed by atoms with Gasteiger partial charge in [-0.3, -0.25) is 9.63 Å². The highest BCUT2D eigenvalue weighted by Gasteiger charge is 2.47. The molecule has 1 aromatic carbocycles. The molecule has 0 N–H and O–H groups in total. The first-order chi connectivity index (χ1) is 9.83. The van der Waals surface area contributed by atoms with Crippen molar-refractivity contribution >= 4 is 5.91 Å². The molecule has 2 atom stereocenters. The highest BCUT2D eigenvalue weighted by Crippen LogP contribution is 2.50. The Hall–Kier alpha value is -1.75. The average molecular weight is 275 g/mol. The van der Waals surface area contributed by atoms with Gasteiger partial charge in [-0.2, -0.15) is 0 Å². The monoisotopic (exact) mass is 275 g/mol. The quantitative estimate of drug-likeness (QED) is 0.824. The van der Waals surface area contributed by atoms with E-state index in [0.29, 0.717) is 25.7 Å². The fourth-order valence-corrected chi connectivity index (χ4v) is 2.93. The van der Waals surface area contributed by atoms with Crippen molar-refractivity contribution in [2.24, 2.45) is 5.92 Å². The van der Waals surface area contributed by atoms with Gasteiger partial charge in [-0.1, -0.05) is 6.07 Å². The maximum absolute atomic E-state index is 12.2. The van der Waals surface area contributed by atoms with Crippen molar-refractivity contribution in [3.63, 3.8) is 0 Å².